The summed E-state index contributed by atoms with van der Waals surface area (Å²) in [6, 6.07) is 5.89. The van der Waals surface area contributed by atoms with Gasteiger partial charge in [-0.2, -0.15) is 0 Å². The van der Waals surface area contributed by atoms with Crippen molar-refractivity contribution in [2.24, 2.45) is 0 Å². The van der Waals surface area contributed by atoms with E-state index in [0.29, 0.717) is 16.8 Å². The Morgan fingerprint density at radius 2 is 1.83 bits per heavy atom. The van der Waals surface area contributed by atoms with Crippen LogP contribution in [0.3, 0.4) is 0 Å². The summed E-state index contributed by atoms with van der Waals surface area (Å²) in [7, 11) is 0. The Labute approximate surface area is 141 Å². The summed E-state index contributed by atoms with van der Waals surface area (Å²) in [4.78, 5) is 12.0. The van der Waals surface area contributed by atoms with Crippen LogP contribution in [0.1, 0.15) is 48.7 Å². The van der Waals surface area contributed by atoms with Crippen LogP contribution in [-0.4, -0.2) is 22.7 Å². The average molecular weight is 333 g/mol. The summed E-state index contributed by atoms with van der Waals surface area (Å²) in [6.45, 7) is 8.22. The minimum absolute atomic E-state index is 0.0389. The van der Waals surface area contributed by atoms with Gasteiger partial charge in [0, 0.05) is 5.92 Å². The zero-order chi connectivity index (χ0) is 16.8. The summed E-state index contributed by atoms with van der Waals surface area (Å²) < 4.78 is 5.54. The van der Waals surface area contributed by atoms with Crippen LogP contribution in [0.4, 0.5) is 5.13 Å². The predicted octanol–water partition coefficient (Wildman–Crippen LogP) is 4.08. The van der Waals surface area contributed by atoms with Gasteiger partial charge in [0.15, 0.2) is 6.61 Å². The highest BCUT2D eigenvalue weighted by Crippen LogP contribution is 2.28. The van der Waals surface area contributed by atoms with Crippen molar-refractivity contribution in [2.75, 3.05) is 11.9 Å². The SMILES string of the molecule is CCC(CC)c1nnc(NC(=O)COc2cc(C)cc(C)c2)s1. The molecule has 2 rings (SSSR count). The molecule has 0 aliphatic carbocycles. The summed E-state index contributed by atoms with van der Waals surface area (Å²) in [5, 5.41) is 12.5. The van der Waals surface area contributed by atoms with E-state index in [9.17, 15) is 4.79 Å². The van der Waals surface area contributed by atoms with Crippen molar-refractivity contribution >= 4 is 22.4 Å². The molecule has 0 aliphatic rings. The lowest BCUT2D eigenvalue weighted by molar-refractivity contribution is -0.118. The molecule has 0 bridgehead atoms. The molecule has 0 saturated heterocycles. The number of anilines is 1. The van der Waals surface area contributed by atoms with Gasteiger partial charge in [-0.1, -0.05) is 31.3 Å². The normalized spacial score (nSPS) is 10.8. The third-order valence-corrected chi connectivity index (χ3v) is 4.59. The summed E-state index contributed by atoms with van der Waals surface area (Å²) in [5.41, 5.74) is 2.22. The zero-order valence-electron chi connectivity index (χ0n) is 14.0. The lowest BCUT2D eigenvalue weighted by Gasteiger charge is -2.08. The van der Waals surface area contributed by atoms with Crippen LogP contribution in [0.2, 0.25) is 0 Å². The van der Waals surface area contributed by atoms with Crippen LogP contribution in [0, 0.1) is 13.8 Å². The molecular formula is C17H23N3O2S. The van der Waals surface area contributed by atoms with Gasteiger partial charge >= 0.3 is 0 Å². The second kappa shape index (κ2) is 8.06. The first-order valence-corrected chi connectivity index (χ1v) is 8.67. The van der Waals surface area contributed by atoms with E-state index < -0.39 is 0 Å². The van der Waals surface area contributed by atoms with Gasteiger partial charge in [0.1, 0.15) is 10.8 Å². The van der Waals surface area contributed by atoms with Gasteiger partial charge in [0.25, 0.3) is 5.91 Å². The topological polar surface area (TPSA) is 64.1 Å². The van der Waals surface area contributed by atoms with Crippen molar-refractivity contribution in [3.63, 3.8) is 0 Å². The largest absolute Gasteiger partial charge is 0.484 e. The number of benzene rings is 1. The number of amides is 1. The molecule has 1 amide bonds. The molecule has 1 aromatic carbocycles. The van der Waals surface area contributed by atoms with E-state index in [1.807, 2.05) is 26.0 Å². The van der Waals surface area contributed by atoms with Gasteiger partial charge in [-0.05, 0) is 49.9 Å². The maximum Gasteiger partial charge on any atom is 0.264 e. The molecule has 23 heavy (non-hydrogen) atoms. The number of nitrogens with zero attached hydrogens (tertiary/aromatic N) is 2. The summed E-state index contributed by atoms with van der Waals surface area (Å²) in [5.74, 6) is 0.883. The van der Waals surface area contributed by atoms with Crippen LogP contribution in [0.25, 0.3) is 0 Å². The van der Waals surface area contributed by atoms with E-state index in [1.54, 1.807) is 0 Å². The molecule has 6 heteroatoms. The van der Waals surface area contributed by atoms with E-state index in [2.05, 4.69) is 35.4 Å². The molecule has 0 radical (unpaired) electrons. The maximum atomic E-state index is 12.0. The molecule has 5 nitrogen and oxygen atoms in total. The highest BCUT2D eigenvalue weighted by Gasteiger charge is 2.14. The van der Waals surface area contributed by atoms with Gasteiger partial charge in [-0.15, -0.1) is 10.2 Å². The van der Waals surface area contributed by atoms with E-state index in [4.69, 9.17) is 4.74 Å². The lowest BCUT2D eigenvalue weighted by atomic mass is 10.1. The Morgan fingerprint density at radius 1 is 1.17 bits per heavy atom. The quantitative estimate of drug-likeness (QED) is 0.829. The van der Waals surface area contributed by atoms with Gasteiger partial charge in [0.05, 0.1) is 0 Å². The number of aromatic nitrogens is 2. The first kappa shape index (κ1) is 17.4. The molecule has 1 N–H and O–H groups in total. The smallest absolute Gasteiger partial charge is 0.264 e. The molecule has 0 atom stereocenters. The highest BCUT2D eigenvalue weighted by molar-refractivity contribution is 7.15. The number of nitrogens with one attached hydrogen (secondary N) is 1. The molecule has 0 spiro atoms. The standard InChI is InChI=1S/C17H23N3O2S/c1-5-13(6-2)16-19-20-17(23-16)18-15(21)10-22-14-8-11(3)7-12(4)9-14/h7-9,13H,5-6,10H2,1-4H3,(H,18,20,21). The number of ether oxygens (including phenoxy) is 1. The zero-order valence-corrected chi connectivity index (χ0v) is 14.9. The van der Waals surface area contributed by atoms with Gasteiger partial charge in [0.2, 0.25) is 5.13 Å². The maximum absolute atomic E-state index is 12.0. The van der Waals surface area contributed by atoms with E-state index >= 15 is 0 Å². The van der Waals surface area contributed by atoms with E-state index in [-0.39, 0.29) is 12.5 Å². The second-order valence-corrected chi connectivity index (χ2v) is 6.63. The molecule has 0 fully saturated rings. The fourth-order valence-corrected chi connectivity index (χ4v) is 3.43. The predicted molar refractivity (Wildman–Crippen MR) is 93.3 cm³/mol. The van der Waals surface area contributed by atoms with E-state index in [1.165, 1.54) is 11.3 Å². The second-order valence-electron chi connectivity index (χ2n) is 5.62. The molecule has 1 aromatic heterocycles. The molecule has 0 unspecified atom stereocenters. The van der Waals surface area contributed by atoms with Crippen molar-refractivity contribution in [2.45, 2.75) is 46.5 Å². The van der Waals surface area contributed by atoms with Crippen molar-refractivity contribution in [1.82, 2.24) is 10.2 Å². The Balaban J connectivity index is 1.89. The van der Waals surface area contributed by atoms with Crippen LogP contribution >= 0.6 is 11.3 Å². The number of hydrogen-bond acceptors (Lipinski definition) is 5. The molecule has 1 heterocycles. The van der Waals surface area contributed by atoms with Crippen molar-refractivity contribution in [3.8, 4) is 5.75 Å². The Bertz CT molecular complexity index is 645. The highest BCUT2D eigenvalue weighted by atomic mass is 32.1. The molecule has 0 saturated carbocycles. The Hall–Kier alpha value is -1.95. The number of hydrogen-bond donors (Lipinski definition) is 1. The molecular weight excluding hydrogens is 310 g/mol. The average Bonchev–Trinajstić information content (AvgIpc) is 2.94. The molecule has 2 aromatic rings. The monoisotopic (exact) mass is 333 g/mol. The third-order valence-electron chi connectivity index (χ3n) is 3.59. The third kappa shape index (κ3) is 5.03. The van der Waals surface area contributed by atoms with Crippen LogP contribution in [-0.2, 0) is 4.79 Å². The minimum atomic E-state index is -0.226. The van der Waals surface area contributed by atoms with Crippen molar-refractivity contribution in [3.05, 3.63) is 34.3 Å². The van der Waals surface area contributed by atoms with Gasteiger partial charge in [-0.25, -0.2) is 0 Å². The minimum Gasteiger partial charge on any atom is -0.484 e. The molecule has 0 aliphatic heterocycles. The summed E-state index contributed by atoms with van der Waals surface area (Å²) >= 11 is 1.44. The fourth-order valence-electron chi connectivity index (χ4n) is 2.41. The Kier molecular flexibility index (Phi) is 6.10. The summed E-state index contributed by atoms with van der Waals surface area (Å²) in [6.07, 6.45) is 2.05. The van der Waals surface area contributed by atoms with E-state index in [0.717, 1.165) is 29.0 Å². The number of aryl methyl sites for hydroxylation is 2. The van der Waals surface area contributed by atoms with Crippen LogP contribution in [0.15, 0.2) is 18.2 Å². The van der Waals surface area contributed by atoms with Crippen molar-refractivity contribution in [1.29, 1.82) is 0 Å². The van der Waals surface area contributed by atoms with Crippen molar-refractivity contribution < 1.29 is 9.53 Å². The fraction of sp³-hybridized carbons (Fsp3) is 0.471. The number of rotatable bonds is 7. The van der Waals surface area contributed by atoms with Crippen LogP contribution in [0.5, 0.6) is 5.75 Å². The first-order chi connectivity index (χ1) is 11.0. The number of carbonyl (C=O) groups excluding carboxylic acids is 1. The van der Waals surface area contributed by atoms with Crippen LogP contribution < -0.4 is 10.1 Å². The molecule has 124 valence electrons. The van der Waals surface area contributed by atoms with Gasteiger partial charge < -0.3 is 4.74 Å². The van der Waals surface area contributed by atoms with Gasteiger partial charge in [-0.3, -0.25) is 10.1 Å². The first-order valence-electron chi connectivity index (χ1n) is 7.86. The lowest BCUT2D eigenvalue weighted by Crippen LogP contribution is -2.20. The number of carbonyl (C=O) groups is 1. The Morgan fingerprint density at radius 3 is 2.43 bits per heavy atom.